The maximum absolute atomic E-state index is 4.70. The van der Waals surface area contributed by atoms with Crippen LogP contribution < -0.4 is 0 Å². The van der Waals surface area contributed by atoms with E-state index >= 15 is 0 Å². The zero-order valence-corrected chi connectivity index (χ0v) is 6.29. The second kappa shape index (κ2) is 5.35. The largest absolute Gasteiger partial charge is 0.504 e. The van der Waals surface area contributed by atoms with Crippen molar-refractivity contribution in [3.05, 3.63) is 12.3 Å². The fourth-order valence-corrected chi connectivity index (χ4v) is 0.366. The molecule has 0 heterocycles. The van der Waals surface area contributed by atoms with E-state index < -0.39 is 0 Å². The minimum absolute atomic E-state index is 1.02. The number of rotatable bonds is 3. The molecule has 9 heavy (non-hydrogen) atoms. The summed E-state index contributed by atoms with van der Waals surface area (Å²) in [5.41, 5.74) is 0. The highest BCUT2D eigenvalue weighted by atomic mass is 16.5. The van der Waals surface area contributed by atoms with E-state index in [0.29, 0.717) is 0 Å². The summed E-state index contributed by atoms with van der Waals surface area (Å²) in [6.45, 7) is 3.12. The Balaban J connectivity index is 3.55. The van der Waals surface area contributed by atoms with Crippen LogP contribution in [0.4, 0.5) is 0 Å². The van der Waals surface area contributed by atoms with Crippen molar-refractivity contribution in [1.82, 2.24) is 0 Å². The minimum atomic E-state index is 1.02. The van der Waals surface area contributed by atoms with Gasteiger partial charge in [-0.15, -0.1) is 0 Å². The predicted octanol–water partition coefficient (Wildman–Crippen LogP) is 0.879. The van der Waals surface area contributed by atoms with Gasteiger partial charge in [-0.05, 0) is 6.92 Å². The van der Waals surface area contributed by atoms with Gasteiger partial charge in [0, 0.05) is 6.08 Å². The first-order valence-corrected chi connectivity index (χ1v) is 3.04. The van der Waals surface area contributed by atoms with Crippen molar-refractivity contribution < 1.29 is 9.31 Å². The maximum Gasteiger partial charge on any atom is 0.166 e. The second-order valence-corrected chi connectivity index (χ2v) is 1.79. The third-order valence-electron chi connectivity index (χ3n) is 1.05. The van der Waals surface area contributed by atoms with Gasteiger partial charge in [0.25, 0.3) is 0 Å². The Morgan fingerprint density at radius 3 is 2.67 bits per heavy atom. The topological polar surface area (TPSA) is 12.2 Å². The SMILES string of the molecule is CC[N+](C)=C/C=C/OC. The molecule has 0 amide bonds. The fourth-order valence-electron chi connectivity index (χ4n) is 0.366. The van der Waals surface area contributed by atoms with Crippen LogP contribution in [0.5, 0.6) is 0 Å². The van der Waals surface area contributed by atoms with E-state index in [4.69, 9.17) is 4.74 Å². The van der Waals surface area contributed by atoms with Gasteiger partial charge in [-0.1, -0.05) is 0 Å². The van der Waals surface area contributed by atoms with Crippen molar-refractivity contribution in [2.45, 2.75) is 6.92 Å². The minimum Gasteiger partial charge on any atom is -0.504 e. The van der Waals surface area contributed by atoms with E-state index in [-0.39, 0.29) is 0 Å². The molecule has 0 saturated heterocycles. The molecule has 0 saturated carbocycles. The normalized spacial score (nSPS) is 12.6. The Labute approximate surface area is 56.5 Å². The number of allylic oxidation sites excluding steroid dienone is 1. The first-order valence-electron chi connectivity index (χ1n) is 3.04. The van der Waals surface area contributed by atoms with Crippen molar-refractivity contribution in [3.63, 3.8) is 0 Å². The number of ether oxygens (including phenoxy) is 1. The lowest BCUT2D eigenvalue weighted by Crippen LogP contribution is -2.03. The molecule has 2 nitrogen and oxygen atoms in total. The lowest BCUT2D eigenvalue weighted by Gasteiger charge is -1.85. The second-order valence-electron chi connectivity index (χ2n) is 1.79. The van der Waals surface area contributed by atoms with Crippen LogP contribution in [0.1, 0.15) is 6.92 Å². The van der Waals surface area contributed by atoms with Crippen molar-refractivity contribution in [3.8, 4) is 0 Å². The first kappa shape index (κ1) is 8.21. The molecule has 0 aliphatic rings. The van der Waals surface area contributed by atoms with Gasteiger partial charge in [-0.3, -0.25) is 0 Å². The monoisotopic (exact) mass is 128 g/mol. The van der Waals surface area contributed by atoms with Gasteiger partial charge in [-0.25, -0.2) is 4.58 Å². The van der Waals surface area contributed by atoms with Gasteiger partial charge in [-0.2, -0.15) is 0 Å². The van der Waals surface area contributed by atoms with Crippen LogP contribution in [-0.2, 0) is 4.74 Å². The zero-order chi connectivity index (χ0) is 7.11. The third-order valence-corrected chi connectivity index (χ3v) is 1.05. The average molecular weight is 128 g/mol. The molecule has 0 bridgehead atoms. The number of nitrogens with zero attached hydrogens (tertiary/aromatic N) is 1. The van der Waals surface area contributed by atoms with Gasteiger partial charge in [0.15, 0.2) is 6.21 Å². The number of hydrogen-bond donors (Lipinski definition) is 0. The van der Waals surface area contributed by atoms with Crippen LogP contribution in [0.15, 0.2) is 12.3 Å². The highest BCUT2D eigenvalue weighted by Gasteiger charge is 1.81. The molecular formula is C7H14NO+. The molecule has 0 rings (SSSR count). The van der Waals surface area contributed by atoms with Crippen molar-refractivity contribution >= 4 is 6.21 Å². The lowest BCUT2D eigenvalue weighted by molar-refractivity contribution is -0.487. The Kier molecular flexibility index (Phi) is 4.88. The Hall–Kier alpha value is -0.790. The van der Waals surface area contributed by atoms with Crippen LogP contribution in [0.3, 0.4) is 0 Å². The molecule has 0 aromatic rings. The van der Waals surface area contributed by atoms with Crippen molar-refractivity contribution in [2.24, 2.45) is 0 Å². The molecule has 0 fully saturated rings. The summed E-state index contributed by atoms with van der Waals surface area (Å²) < 4.78 is 6.76. The molecule has 0 spiro atoms. The van der Waals surface area contributed by atoms with Crippen molar-refractivity contribution in [2.75, 3.05) is 20.7 Å². The average Bonchev–Trinajstić information content (AvgIpc) is 1.89. The zero-order valence-electron chi connectivity index (χ0n) is 6.29. The van der Waals surface area contributed by atoms with Crippen LogP contribution in [0.2, 0.25) is 0 Å². The van der Waals surface area contributed by atoms with Gasteiger partial charge in [0.2, 0.25) is 0 Å². The Morgan fingerprint density at radius 1 is 1.56 bits per heavy atom. The van der Waals surface area contributed by atoms with E-state index in [2.05, 4.69) is 11.5 Å². The van der Waals surface area contributed by atoms with E-state index in [9.17, 15) is 0 Å². The number of methoxy groups -OCH3 is 1. The standard InChI is InChI=1S/C7H14NO/c1-4-8(2)6-5-7-9-3/h5-7H,4H2,1-3H3/q+1/b7-5+,8-6?. The summed E-state index contributed by atoms with van der Waals surface area (Å²) in [6.07, 6.45) is 5.47. The molecule has 0 N–H and O–H groups in total. The number of hydrogen-bond acceptors (Lipinski definition) is 1. The molecule has 0 aliphatic carbocycles. The Bertz CT molecular complexity index is 116. The molecule has 0 radical (unpaired) electrons. The molecule has 0 aromatic carbocycles. The highest BCUT2D eigenvalue weighted by Crippen LogP contribution is 1.69. The molecular weight excluding hydrogens is 114 g/mol. The van der Waals surface area contributed by atoms with Gasteiger partial charge >= 0.3 is 0 Å². The summed E-state index contributed by atoms with van der Waals surface area (Å²) in [6, 6.07) is 0. The molecule has 0 atom stereocenters. The molecule has 0 aliphatic heterocycles. The summed E-state index contributed by atoms with van der Waals surface area (Å²) >= 11 is 0. The quantitative estimate of drug-likeness (QED) is 0.312. The third kappa shape index (κ3) is 5.07. The summed E-state index contributed by atoms with van der Waals surface area (Å²) in [4.78, 5) is 0. The van der Waals surface area contributed by atoms with Gasteiger partial charge in [0.1, 0.15) is 13.6 Å². The Morgan fingerprint density at radius 2 is 2.22 bits per heavy atom. The summed E-state index contributed by atoms with van der Waals surface area (Å²) in [5, 5.41) is 0. The lowest BCUT2D eigenvalue weighted by atomic mass is 10.6. The summed E-state index contributed by atoms with van der Waals surface area (Å²) in [5.74, 6) is 0. The van der Waals surface area contributed by atoms with Crippen LogP contribution in [0, 0.1) is 0 Å². The van der Waals surface area contributed by atoms with Crippen LogP contribution in [0.25, 0.3) is 0 Å². The smallest absolute Gasteiger partial charge is 0.166 e. The van der Waals surface area contributed by atoms with Gasteiger partial charge in [0.05, 0.1) is 13.4 Å². The van der Waals surface area contributed by atoms with Crippen LogP contribution in [-0.4, -0.2) is 31.5 Å². The van der Waals surface area contributed by atoms with E-state index in [1.807, 2.05) is 19.3 Å². The highest BCUT2D eigenvalue weighted by molar-refractivity contribution is 5.65. The molecule has 0 unspecified atom stereocenters. The fraction of sp³-hybridized carbons (Fsp3) is 0.571. The summed E-state index contributed by atoms with van der Waals surface area (Å²) in [7, 11) is 3.65. The molecule has 0 aromatic heterocycles. The van der Waals surface area contributed by atoms with Gasteiger partial charge < -0.3 is 4.74 Å². The van der Waals surface area contributed by atoms with Crippen molar-refractivity contribution in [1.29, 1.82) is 0 Å². The molecule has 52 valence electrons. The van der Waals surface area contributed by atoms with E-state index in [0.717, 1.165) is 6.54 Å². The van der Waals surface area contributed by atoms with Crippen LogP contribution >= 0.6 is 0 Å². The van der Waals surface area contributed by atoms with E-state index in [1.54, 1.807) is 13.4 Å². The maximum atomic E-state index is 4.70. The predicted molar refractivity (Wildman–Crippen MR) is 38.9 cm³/mol. The molecule has 2 heteroatoms. The first-order chi connectivity index (χ1) is 4.31. The van der Waals surface area contributed by atoms with E-state index in [1.165, 1.54) is 0 Å².